The number of carbonyl (C=O) groups is 2. The Labute approximate surface area is 103 Å². The average molecular weight is 241 g/mol. The van der Waals surface area contributed by atoms with Crippen LogP contribution in [0.3, 0.4) is 0 Å². The molecule has 5 nitrogen and oxygen atoms in total. The fourth-order valence-electron chi connectivity index (χ4n) is 1.91. The molecule has 0 aliphatic carbocycles. The van der Waals surface area contributed by atoms with Crippen LogP contribution in [0.2, 0.25) is 0 Å². The molecule has 98 valence electrons. The van der Waals surface area contributed by atoms with Crippen molar-refractivity contribution in [3.63, 3.8) is 0 Å². The first kappa shape index (κ1) is 14.0. The first-order chi connectivity index (χ1) is 7.95. The molecule has 5 heteroatoms. The van der Waals surface area contributed by atoms with Crippen LogP contribution in [0, 0.1) is 0 Å². The van der Waals surface area contributed by atoms with Gasteiger partial charge in [-0.05, 0) is 13.3 Å². The van der Waals surface area contributed by atoms with E-state index in [1.54, 1.807) is 16.8 Å². The summed E-state index contributed by atoms with van der Waals surface area (Å²) in [6.45, 7) is 7.52. The van der Waals surface area contributed by atoms with Crippen molar-refractivity contribution in [3.8, 4) is 0 Å². The quantitative estimate of drug-likeness (QED) is 0.741. The molecule has 0 bridgehead atoms. The molecule has 2 amide bonds. The van der Waals surface area contributed by atoms with Crippen LogP contribution in [-0.4, -0.2) is 60.4 Å². The molecular weight excluding hydrogens is 218 g/mol. The van der Waals surface area contributed by atoms with Crippen LogP contribution in [-0.2, 0) is 9.59 Å². The van der Waals surface area contributed by atoms with Gasteiger partial charge in [-0.1, -0.05) is 13.8 Å². The zero-order valence-corrected chi connectivity index (χ0v) is 11.2. The fraction of sp³-hybridized carbons (Fsp3) is 0.833. The van der Waals surface area contributed by atoms with Crippen molar-refractivity contribution >= 4 is 11.8 Å². The van der Waals surface area contributed by atoms with Gasteiger partial charge in [-0.25, -0.2) is 0 Å². The molecule has 17 heavy (non-hydrogen) atoms. The maximum Gasteiger partial charge on any atom is 0.241 e. The van der Waals surface area contributed by atoms with Gasteiger partial charge in [0, 0.05) is 26.2 Å². The normalized spacial score (nSPS) is 20.2. The highest BCUT2D eigenvalue weighted by molar-refractivity contribution is 5.89. The van der Waals surface area contributed by atoms with E-state index < -0.39 is 0 Å². The smallest absolute Gasteiger partial charge is 0.241 e. The summed E-state index contributed by atoms with van der Waals surface area (Å²) in [6, 6.07) is 0.174. The molecule has 1 atom stereocenters. The Balaban J connectivity index is 2.47. The van der Waals surface area contributed by atoms with Crippen molar-refractivity contribution in [3.05, 3.63) is 0 Å². The number of carbonyl (C=O) groups excluding carboxylic acids is 2. The number of amides is 2. The summed E-state index contributed by atoms with van der Waals surface area (Å²) in [6.07, 6.45) is 0.792. The standard InChI is InChI=1S/C12H23N3O2/c1-5-14(4)11(16)8-15-7-6-10(12(15)17)13-9(2)3/h9-10,13H,5-8H2,1-4H3. The Hall–Kier alpha value is -1.10. The zero-order chi connectivity index (χ0) is 13.0. The van der Waals surface area contributed by atoms with Crippen LogP contribution < -0.4 is 5.32 Å². The maximum absolute atomic E-state index is 12.0. The molecule has 1 aliphatic rings. The van der Waals surface area contributed by atoms with Crippen molar-refractivity contribution in [1.29, 1.82) is 0 Å². The van der Waals surface area contributed by atoms with Gasteiger partial charge in [0.15, 0.2) is 0 Å². The summed E-state index contributed by atoms with van der Waals surface area (Å²) in [7, 11) is 1.76. The largest absolute Gasteiger partial charge is 0.345 e. The third-order valence-electron chi connectivity index (χ3n) is 3.06. The van der Waals surface area contributed by atoms with E-state index in [9.17, 15) is 9.59 Å². The Bertz CT molecular complexity index is 291. The number of hydrogen-bond acceptors (Lipinski definition) is 3. The average Bonchev–Trinajstić information content (AvgIpc) is 2.59. The van der Waals surface area contributed by atoms with Gasteiger partial charge in [-0.3, -0.25) is 9.59 Å². The van der Waals surface area contributed by atoms with Crippen molar-refractivity contribution in [2.24, 2.45) is 0 Å². The van der Waals surface area contributed by atoms with Crippen LogP contribution >= 0.6 is 0 Å². The third kappa shape index (κ3) is 3.70. The molecule has 1 fully saturated rings. The van der Waals surface area contributed by atoms with E-state index in [0.29, 0.717) is 13.1 Å². The fourth-order valence-corrected chi connectivity index (χ4v) is 1.91. The van der Waals surface area contributed by atoms with Crippen LogP contribution in [0.4, 0.5) is 0 Å². The molecule has 0 saturated carbocycles. The van der Waals surface area contributed by atoms with E-state index >= 15 is 0 Å². The van der Waals surface area contributed by atoms with Crippen LogP contribution in [0.15, 0.2) is 0 Å². The molecular formula is C12H23N3O2. The topological polar surface area (TPSA) is 52.7 Å². The van der Waals surface area contributed by atoms with Crippen molar-refractivity contribution in [2.75, 3.05) is 26.7 Å². The van der Waals surface area contributed by atoms with Gasteiger partial charge in [0.25, 0.3) is 0 Å². The highest BCUT2D eigenvalue weighted by Crippen LogP contribution is 2.11. The molecule has 0 radical (unpaired) electrons. The summed E-state index contributed by atoms with van der Waals surface area (Å²) in [4.78, 5) is 27.0. The van der Waals surface area contributed by atoms with Crippen LogP contribution in [0.25, 0.3) is 0 Å². The van der Waals surface area contributed by atoms with Crippen molar-refractivity contribution in [1.82, 2.24) is 15.1 Å². The minimum atomic E-state index is -0.116. The second-order valence-electron chi connectivity index (χ2n) is 4.83. The van der Waals surface area contributed by atoms with E-state index in [0.717, 1.165) is 6.42 Å². The Morgan fingerprint density at radius 1 is 1.59 bits per heavy atom. The summed E-state index contributed by atoms with van der Waals surface area (Å²) >= 11 is 0. The lowest BCUT2D eigenvalue weighted by Gasteiger charge is -2.21. The van der Waals surface area contributed by atoms with Crippen LogP contribution in [0.1, 0.15) is 27.2 Å². The molecule has 1 rings (SSSR count). The Kier molecular flexibility index (Phi) is 4.93. The second-order valence-corrected chi connectivity index (χ2v) is 4.83. The van der Waals surface area contributed by atoms with Gasteiger partial charge in [0.1, 0.15) is 0 Å². The number of likely N-dealkylation sites (N-methyl/N-ethyl adjacent to an activating group) is 1. The van der Waals surface area contributed by atoms with Gasteiger partial charge in [-0.2, -0.15) is 0 Å². The summed E-state index contributed by atoms with van der Waals surface area (Å²) in [5, 5.41) is 3.22. The minimum Gasteiger partial charge on any atom is -0.345 e. The van der Waals surface area contributed by atoms with E-state index in [-0.39, 0.29) is 30.4 Å². The maximum atomic E-state index is 12.0. The molecule has 1 heterocycles. The molecule has 1 N–H and O–H groups in total. The Morgan fingerprint density at radius 2 is 2.24 bits per heavy atom. The Morgan fingerprint density at radius 3 is 2.76 bits per heavy atom. The molecule has 1 aliphatic heterocycles. The molecule has 0 aromatic heterocycles. The number of nitrogens with zero attached hydrogens (tertiary/aromatic N) is 2. The summed E-state index contributed by atoms with van der Waals surface area (Å²) in [5.74, 6) is 0.0580. The molecule has 0 aromatic carbocycles. The van der Waals surface area contributed by atoms with Gasteiger partial charge in [0.05, 0.1) is 12.6 Å². The van der Waals surface area contributed by atoms with Crippen LogP contribution in [0.5, 0.6) is 0 Å². The van der Waals surface area contributed by atoms with Crippen molar-refractivity contribution < 1.29 is 9.59 Å². The minimum absolute atomic E-state index is 0.00560. The lowest BCUT2D eigenvalue weighted by Crippen LogP contribution is -2.44. The van der Waals surface area contributed by atoms with Gasteiger partial charge >= 0.3 is 0 Å². The van der Waals surface area contributed by atoms with E-state index in [4.69, 9.17) is 0 Å². The lowest BCUT2D eigenvalue weighted by atomic mass is 10.2. The highest BCUT2D eigenvalue weighted by atomic mass is 16.2. The first-order valence-corrected chi connectivity index (χ1v) is 6.24. The van der Waals surface area contributed by atoms with Gasteiger partial charge in [0.2, 0.25) is 11.8 Å². The monoisotopic (exact) mass is 241 g/mol. The number of hydrogen-bond donors (Lipinski definition) is 1. The molecule has 1 saturated heterocycles. The van der Waals surface area contributed by atoms with E-state index in [1.807, 2.05) is 20.8 Å². The SMILES string of the molecule is CCN(C)C(=O)CN1CCC(NC(C)C)C1=O. The summed E-state index contributed by atoms with van der Waals surface area (Å²) in [5.41, 5.74) is 0. The molecule has 0 spiro atoms. The summed E-state index contributed by atoms with van der Waals surface area (Å²) < 4.78 is 0. The second kappa shape index (κ2) is 6.00. The van der Waals surface area contributed by atoms with Gasteiger partial charge < -0.3 is 15.1 Å². The lowest BCUT2D eigenvalue weighted by molar-refractivity contribution is -0.138. The molecule has 1 unspecified atom stereocenters. The van der Waals surface area contributed by atoms with Crippen molar-refractivity contribution in [2.45, 2.75) is 39.3 Å². The molecule has 0 aromatic rings. The predicted octanol–water partition coefficient (Wildman–Crippen LogP) is 0.0636. The highest BCUT2D eigenvalue weighted by Gasteiger charge is 2.32. The first-order valence-electron chi connectivity index (χ1n) is 6.24. The van der Waals surface area contributed by atoms with Gasteiger partial charge in [-0.15, -0.1) is 0 Å². The zero-order valence-electron chi connectivity index (χ0n) is 11.2. The van der Waals surface area contributed by atoms with E-state index in [2.05, 4.69) is 5.32 Å². The number of nitrogens with one attached hydrogen (secondary N) is 1. The number of rotatable bonds is 5. The third-order valence-corrected chi connectivity index (χ3v) is 3.06. The number of likely N-dealkylation sites (tertiary alicyclic amines) is 1. The predicted molar refractivity (Wildman–Crippen MR) is 66.6 cm³/mol. The van der Waals surface area contributed by atoms with E-state index in [1.165, 1.54) is 0 Å².